The Hall–Kier alpha value is -3.77. The SMILES string of the molecule is COc1ccc(C2=C(Nc3ccc(Cl)cc3C)C(=O)N(Cc3ccccc3OC)C2=O)cc1. The molecule has 2 amide bonds. The number of nitrogens with zero attached hydrogens (tertiary/aromatic N) is 1. The van der Waals surface area contributed by atoms with Gasteiger partial charge in [-0.1, -0.05) is 41.9 Å². The van der Waals surface area contributed by atoms with E-state index in [-0.39, 0.29) is 18.1 Å². The Morgan fingerprint density at radius 1 is 0.909 bits per heavy atom. The maximum atomic E-state index is 13.5. The first-order valence-corrected chi connectivity index (χ1v) is 10.7. The van der Waals surface area contributed by atoms with Crippen LogP contribution in [-0.2, 0) is 16.1 Å². The van der Waals surface area contributed by atoms with E-state index in [2.05, 4.69) is 5.32 Å². The zero-order chi connectivity index (χ0) is 23.5. The van der Waals surface area contributed by atoms with Gasteiger partial charge in [-0.2, -0.15) is 0 Å². The lowest BCUT2D eigenvalue weighted by Crippen LogP contribution is -2.32. The number of carbonyl (C=O) groups excluding carboxylic acids is 2. The number of methoxy groups -OCH3 is 2. The van der Waals surface area contributed by atoms with E-state index in [1.807, 2.05) is 25.1 Å². The van der Waals surface area contributed by atoms with Gasteiger partial charge in [0.05, 0.1) is 26.3 Å². The second-order valence-electron chi connectivity index (χ2n) is 7.57. The zero-order valence-electron chi connectivity index (χ0n) is 18.5. The molecule has 3 aromatic rings. The molecule has 1 aliphatic heterocycles. The smallest absolute Gasteiger partial charge is 0.278 e. The van der Waals surface area contributed by atoms with Crippen molar-refractivity contribution in [1.82, 2.24) is 4.90 Å². The van der Waals surface area contributed by atoms with E-state index in [1.165, 1.54) is 4.90 Å². The Morgan fingerprint density at radius 3 is 2.30 bits per heavy atom. The lowest BCUT2D eigenvalue weighted by molar-refractivity contribution is -0.137. The minimum absolute atomic E-state index is 0.0894. The standard InChI is InChI=1S/C26H23ClN2O4/c1-16-14-19(27)10-13-21(16)28-24-23(17-8-11-20(32-2)12-9-17)25(30)29(26(24)31)15-18-6-4-5-7-22(18)33-3/h4-14,28H,15H2,1-3H3. The lowest BCUT2D eigenvalue weighted by Gasteiger charge is -2.17. The first kappa shape index (κ1) is 22.4. The predicted octanol–water partition coefficient (Wildman–Crippen LogP) is 5.06. The Labute approximate surface area is 197 Å². The molecule has 0 unspecified atom stereocenters. The summed E-state index contributed by atoms with van der Waals surface area (Å²) in [5.41, 5.74) is 3.41. The number of ether oxygens (including phenoxy) is 2. The Balaban J connectivity index is 1.76. The third-order valence-electron chi connectivity index (χ3n) is 5.52. The fourth-order valence-corrected chi connectivity index (χ4v) is 3.99. The molecular formula is C26H23ClN2O4. The zero-order valence-corrected chi connectivity index (χ0v) is 19.3. The molecule has 1 N–H and O–H groups in total. The Morgan fingerprint density at radius 2 is 1.64 bits per heavy atom. The molecule has 0 radical (unpaired) electrons. The van der Waals surface area contributed by atoms with E-state index in [0.717, 1.165) is 11.1 Å². The van der Waals surface area contributed by atoms with Gasteiger partial charge < -0.3 is 14.8 Å². The number of nitrogens with one attached hydrogen (secondary N) is 1. The van der Waals surface area contributed by atoms with Gasteiger partial charge in [0, 0.05) is 16.3 Å². The summed E-state index contributed by atoms with van der Waals surface area (Å²) < 4.78 is 10.6. The number of halogens is 1. The molecule has 1 heterocycles. The van der Waals surface area contributed by atoms with Crippen LogP contribution in [-0.4, -0.2) is 30.9 Å². The number of imide groups is 1. The molecule has 33 heavy (non-hydrogen) atoms. The summed E-state index contributed by atoms with van der Waals surface area (Å²) >= 11 is 6.09. The highest BCUT2D eigenvalue weighted by molar-refractivity contribution is 6.36. The van der Waals surface area contributed by atoms with Gasteiger partial charge in [-0.15, -0.1) is 0 Å². The molecule has 0 atom stereocenters. The topological polar surface area (TPSA) is 67.9 Å². The summed E-state index contributed by atoms with van der Waals surface area (Å²) in [7, 11) is 3.13. The third-order valence-corrected chi connectivity index (χ3v) is 5.75. The second kappa shape index (κ2) is 9.38. The Bertz CT molecular complexity index is 1250. The van der Waals surface area contributed by atoms with Crippen LogP contribution in [0.5, 0.6) is 11.5 Å². The third kappa shape index (κ3) is 4.43. The van der Waals surface area contributed by atoms with Gasteiger partial charge in [-0.05, 0) is 54.4 Å². The van der Waals surface area contributed by atoms with Crippen LogP contribution in [0.3, 0.4) is 0 Å². The number of benzene rings is 3. The van der Waals surface area contributed by atoms with E-state index in [0.29, 0.717) is 33.3 Å². The van der Waals surface area contributed by atoms with Crippen LogP contribution in [0.4, 0.5) is 5.69 Å². The summed E-state index contributed by atoms with van der Waals surface area (Å²) in [5, 5.41) is 3.78. The highest BCUT2D eigenvalue weighted by Gasteiger charge is 2.39. The number of para-hydroxylation sites is 1. The second-order valence-corrected chi connectivity index (χ2v) is 8.01. The molecule has 1 aliphatic rings. The predicted molar refractivity (Wildman–Crippen MR) is 128 cm³/mol. The van der Waals surface area contributed by atoms with Gasteiger partial charge in [0.1, 0.15) is 17.2 Å². The van der Waals surface area contributed by atoms with Gasteiger partial charge in [0.2, 0.25) is 0 Å². The number of hydrogen-bond acceptors (Lipinski definition) is 5. The summed E-state index contributed by atoms with van der Waals surface area (Å²) in [6, 6.07) is 19.7. The van der Waals surface area contributed by atoms with Crippen molar-refractivity contribution in [3.63, 3.8) is 0 Å². The van der Waals surface area contributed by atoms with E-state index in [4.69, 9.17) is 21.1 Å². The number of amides is 2. The van der Waals surface area contributed by atoms with Crippen LogP contribution < -0.4 is 14.8 Å². The molecule has 6 nitrogen and oxygen atoms in total. The van der Waals surface area contributed by atoms with Crippen molar-refractivity contribution < 1.29 is 19.1 Å². The molecule has 168 valence electrons. The molecule has 3 aromatic carbocycles. The van der Waals surface area contributed by atoms with Crippen LogP contribution in [0.15, 0.2) is 72.4 Å². The molecular weight excluding hydrogens is 440 g/mol. The molecule has 0 saturated carbocycles. The summed E-state index contributed by atoms with van der Waals surface area (Å²) in [4.78, 5) is 28.3. The van der Waals surface area contributed by atoms with Crippen molar-refractivity contribution >= 4 is 34.7 Å². The van der Waals surface area contributed by atoms with Crippen molar-refractivity contribution in [3.05, 3.63) is 94.1 Å². The largest absolute Gasteiger partial charge is 0.497 e. The molecule has 7 heteroatoms. The van der Waals surface area contributed by atoms with E-state index >= 15 is 0 Å². The van der Waals surface area contributed by atoms with Gasteiger partial charge in [-0.25, -0.2) is 0 Å². The highest BCUT2D eigenvalue weighted by Crippen LogP contribution is 2.34. The fourth-order valence-electron chi connectivity index (χ4n) is 3.77. The van der Waals surface area contributed by atoms with Gasteiger partial charge in [0.25, 0.3) is 11.8 Å². The van der Waals surface area contributed by atoms with Crippen LogP contribution in [0, 0.1) is 6.92 Å². The van der Waals surface area contributed by atoms with Crippen molar-refractivity contribution in [2.75, 3.05) is 19.5 Å². The minimum atomic E-state index is -0.411. The van der Waals surface area contributed by atoms with Gasteiger partial charge in [0.15, 0.2) is 0 Å². The minimum Gasteiger partial charge on any atom is -0.497 e. The van der Waals surface area contributed by atoms with Gasteiger partial charge >= 0.3 is 0 Å². The van der Waals surface area contributed by atoms with Gasteiger partial charge in [-0.3, -0.25) is 14.5 Å². The van der Waals surface area contributed by atoms with E-state index < -0.39 is 5.91 Å². The van der Waals surface area contributed by atoms with Crippen LogP contribution in [0.1, 0.15) is 16.7 Å². The molecule has 0 aliphatic carbocycles. The Kier molecular flexibility index (Phi) is 6.38. The number of hydrogen-bond donors (Lipinski definition) is 1. The average molecular weight is 463 g/mol. The van der Waals surface area contributed by atoms with Crippen molar-refractivity contribution in [3.8, 4) is 11.5 Å². The van der Waals surface area contributed by atoms with Crippen molar-refractivity contribution in [2.24, 2.45) is 0 Å². The number of rotatable bonds is 7. The van der Waals surface area contributed by atoms with Crippen molar-refractivity contribution in [1.29, 1.82) is 0 Å². The molecule has 0 saturated heterocycles. The molecule has 0 aromatic heterocycles. The van der Waals surface area contributed by atoms with Crippen LogP contribution in [0.2, 0.25) is 5.02 Å². The van der Waals surface area contributed by atoms with E-state index in [9.17, 15) is 9.59 Å². The highest BCUT2D eigenvalue weighted by atomic mass is 35.5. The fraction of sp³-hybridized carbons (Fsp3) is 0.154. The normalized spacial score (nSPS) is 13.5. The van der Waals surface area contributed by atoms with Crippen molar-refractivity contribution in [2.45, 2.75) is 13.5 Å². The number of carbonyl (C=O) groups is 2. The summed E-state index contributed by atoms with van der Waals surface area (Å²) in [5.74, 6) is 0.473. The summed E-state index contributed by atoms with van der Waals surface area (Å²) in [6.07, 6.45) is 0. The molecule has 0 spiro atoms. The van der Waals surface area contributed by atoms with E-state index in [1.54, 1.807) is 62.8 Å². The summed E-state index contributed by atoms with van der Waals surface area (Å²) in [6.45, 7) is 1.97. The first-order chi connectivity index (χ1) is 15.9. The quantitative estimate of drug-likeness (QED) is 0.497. The lowest BCUT2D eigenvalue weighted by atomic mass is 10.0. The molecule has 0 bridgehead atoms. The monoisotopic (exact) mass is 462 g/mol. The first-order valence-electron chi connectivity index (χ1n) is 10.3. The average Bonchev–Trinajstić information content (AvgIpc) is 3.05. The number of anilines is 1. The molecule has 0 fully saturated rings. The molecule has 4 rings (SSSR count). The number of aryl methyl sites for hydroxylation is 1. The maximum absolute atomic E-state index is 13.5. The van der Waals surface area contributed by atoms with Crippen LogP contribution >= 0.6 is 11.6 Å². The van der Waals surface area contributed by atoms with Crippen LogP contribution in [0.25, 0.3) is 5.57 Å². The maximum Gasteiger partial charge on any atom is 0.278 e.